The summed E-state index contributed by atoms with van der Waals surface area (Å²) in [5.74, 6) is 0.298. The third kappa shape index (κ3) is 4.71. The molecule has 0 amide bonds. The van der Waals surface area contributed by atoms with Gasteiger partial charge in [-0.15, -0.1) is 0 Å². The molecule has 0 spiro atoms. The van der Waals surface area contributed by atoms with Gasteiger partial charge in [0.25, 0.3) is 0 Å². The molecule has 6 nitrogen and oxygen atoms in total. The Bertz CT molecular complexity index is 1180. The summed E-state index contributed by atoms with van der Waals surface area (Å²) < 4.78 is 39.6. The van der Waals surface area contributed by atoms with Crippen molar-refractivity contribution in [3.05, 3.63) is 59.0 Å². The highest BCUT2D eigenvalue weighted by Gasteiger charge is 2.32. The molecule has 10 heteroatoms. The number of thiocarbonyl (C=S) groups is 1. The number of fused-ring (bicyclic) bond motifs is 3. The number of nitrogens with zero attached hydrogens (tertiary/aromatic N) is 3. The van der Waals surface area contributed by atoms with Crippen LogP contribution in [0.25, 0.3) is 11.3 Å². The molecule has 1 aliphatic heterocycles. The van der Waals surface area contributed by atoms with Crippen LogP contribution in [0.4, 0.5) is 30.5 Å². The minimum atomic E-state index is -4.46. The van der Waals surface area contributed by atoms with Gasteiger partial charge in [-0.25, -0.2) is 9.97 Å². The number of pyridine rings is 1. The van der Waals surface area contributed by atoms with Crippen LogP contribution in [0.15, 0.2) is 36.7 Å². The molecule has 3 heterocycles. The summed E-state index contributed by atoms with van der Waals surface area (Å²) >= 11 is 5.30. The minimum absolute atomic E-state index is 0.0932. The summed E-state index contributed by atoms with van der Waals surface area (Å²) in [5, 5.41) is 15.1. The van der Waals surface area contributed by atoms with Gasteiger partial charge in [0, 0.05) is 42.2 Å². The number of aryl methyl sites for hydroxylation is 2. The smallest absolute Gasteiger partial charge is 0.396 e. The van der Waals surface area contributed by atoms with E-state index in [1.807, 2.05) is 13.0 Å². The summed E-state index contributed by atoms with van der Waals surface area (Å²) in [4.78, 5) is 13.7. The second-order valence-corrected chi connectivity index (χ2v) is 7.97. The molecule has 0 unspecified atom stereocenters. The maximum atomic E-state index is 13.2. The number of halogens is 3. The molecule has 2 aromatic heterocycles. The fourth-order valence-corrected chi connectivity index (χ4v) is 3.74. The Hall–Kier alpha value is -3.11. The normalized spacial score (nSPS) is 13.1. The van der Waals surface area contributed by atoms with Crippen LogP contribution in [-0.4, -0.2) is 31.7 Å². The fraction of sp³-hybridized carbons (Fsp3) is 0.273. The van der Waals surface area contributed by atoms with Gasteiger partial charge in [0.15, 0.2) is 0 Å². The Morgan fingerprint density at radius 1 is 1.19 bits per heavy atom. The average molecular weight is 459 g/mol. The van der Waals surface area contributed by atoms with E-state index in [0.29, 0.717) is 41.5 Å². The molecular formula is C22H20F3N5OS. The highest BCUT2D eigenvalue weighted by molar-refractivity contribution is 7.80. The number of rotatable bonds is 5. The van der Waals surface area contributed by atoms with E-state index in [2.05, 4.69) is 25.6 Å². The average Bonchev–Trinajstić information content (AvgIpc) is 2.88. The van der Waals surface area contributed by atoms with Crippen LogP contribution in [0.1, 0.15) is 28.8 Å². The molecule has 1 aromatic carbocycles. The van der Waals surface area contributed by atoms with Crippen LogP contribution >= 0.6 is 12.2 Å². The molecule has 0 bridgehead atoms. The van der Waals surface area contributed by atoms with Crippen molar-refractivity contribution < 1.29 is 18.3 Å². The third-order valence-corrected chi connectivity index (χ3v) is 5.35. The molecule has 0 fully saturated rings. The van der Waals surface area contributed by atoms with E-state index in [1.54, 1.807) is 12.4 Å². The van der Waals surface area contributed by atoms with Crippen LogP contribution in [0, 0.1) is 6.92 Å². The SMILES string of the molecule is Cc1ncc(CCCO)cc1Nc1ncc2c(n1)-c1ccc(C(F)(F)F)cc1NC(=S)C2. The first-order valence-electron chi connectivity index (χ1n) is 9.95. The lowest BCUT2D eigenvalue weighted by Gasteiger charge is -2.14. The van der Waals surface area contributed by atoms with Crippen LogP contribution in [-0.2, 0) is 19.0 Å². The molecule has 4 rings (SSSR count). The molecule has 0 saturated heterocycles. The lowest BCUT2D eigenvalue weighted by atomic mass is 10.0. The number of hydrogen-bond acceptors (Lipinski definition) is 6. The zero-order valence-electron chi connectivity index (χ0n) is 17.1. The highest BCUT2D eigenvalue weighted by atomic mass is 32.1. The second kappa shape index (κ2) is 8.79. The number of aromatic nitrogens is 3. The molecule has 3 N–H and O–H groups in total. The van der Waals surface area contributed by atoms with E-state index in [1.165, 1.54) is 6.07 Å². The first kappa shape index (κ1) is 22.1. The zero-order valence-corrected chi connectivity index (χ0v) is 17.9. The third-order valence-electron chi connectivity index (χ3n) is 5.11. The standard InChI is InChI=1S/C22H20F3N5OS/c1-12-17(7-13(10-26-12)3-2-6-31)29-21-27-11-14-8-19(32)28-18-9-15(22(23,24)25)4-5-16(18)20(14)30-21/h4-5,7,9-11,31H,2-3,6,8H2,1H3,(H,28,32)(H,27,29,30). The Balaban J connectivity index is 1.72. The number of nitrogens with one attached hydrogen (secondary N) is 2. The maximum absolute atomic E-state index is 13.2. The zero-order chi connectivity index (χ0) is 22.9. The van der Waals surface area contributed by atoms with Crippen molar-refractivity contribution in [2.24, 2.45) is 0 Å². The summed E-state index contributed by atoms with van der Waals surface area (Å²) in [6, 6.07) is 5.40. The molecule has 166 valence electrons. The number of benzene rings is 1. The Morgan fingerprint density at radius 2 is 2.00 bits per heavy atom. The van der Waals surface area contributed by atoms with Gasteiger partial charge in [-0.05, 0) is 43.5 Å². The van der Waals surface area contributed by atoms with Crippen molar-refractivity contribution in [2.75, 3.05) is 17.2 Å². The molecule has 32 heavy (non-hydrogen) atoms. The summed E-state index contributed by atoms with van der Waals surface area (Å²) in [7, 11) is 0. The number of alkyl halides is 3. The van der Waals surface area contributed by atoms with Crippen LogP contribution in [0.5, 0.6) is 0 Å². The fourth-order valence-electron chi connectivity index (χ4n) is 3.47. The Morgan fingerprint density at radius 3 is 2.75 bits per heavy atom. The van der Waals surface area contributed by atoms with Gasteiger partial charge < -0.3 is 15.7 Å². The van der Waals surface area contributed by atoms with Gasteiger partial charge in [0.2, 0.25) is 5.95 Å². The predicted molar refractivity (Wildman–Crippen MR) is 120 cm³/mol. The monoisotopic (exact) mass is 459 g/mol. The van der Waals surface area contributed by atoms with Crippen LogP contribution in [0.3, 0.4) is 0 Å². The van der Waals surface area contributed by atoms with E-state index < -0.39 is 11.7 Å². The van der Waals surface area contributed by atoms with Gasteiger partial charge in [-0.1, -0.05) is 18.3 Å². The van der Waals surface area contributed by atoms with Gasteiger partial charge in [-0.2, -0.15) is 13.2 Å². The molecule has 1 aliphatic rings. The van der Waals surface area contributed by atoms with Gasteiger partial charge in [0.05, 0.1) is 27.6 Å². The van der Waals surface area contributed by atoms with Crippen molar-refractivity contribution in [3.63, 3.8) is 0 Å². The number of hydrogen-bond donors (Lipinski definition) is 3. The van der Waals surface area contributed by atoms with Crippen molar-refractivity contribution in [1.29, 1.82) is 0 Å². The Labute approximate surface area is 188 Å². The van der Waals surface area contributed by atoms with Gasteiger partial charge in [0.1, 0.15) is 0 Å². The van der Waals surface area contributed by atoms with Crippen molar-refractivity contribution >= 4 is 34.5 Å². The molecule has 0 atom stereocenters. The molecule has 0 radical (unpaired) electrons. The van der Waals surface area contributed by atoms with Gasteiger partial charge in [-0.3, -0.25) is 4.98 Å². The lowest BCUT2D eigenvalue weighted by molar-refractivity contribution is -0.137. The van der Waals surface area contributed by atoms with Crippen LogP contribution < -0.4 is 10.6 Å². The van der Waals surface area contributed by atoms with E-state index in [-0.39, 0.29) is 12.3 Å². The second-order valence-electron chi connectivity index (χ2n) is 7.48. The van der Waals surface area contributed by atoms with E-state index >= 15 is 0 Å². The quantitative estimate of drug-likeness (QED) is 0.472. The van der Waals surface area contributed by atoms with E-state index in [9.17, 15) is 13.2 Å². The molecule has 3 aromatic rings. The number of aliphatic hydroxyl groups excluding tert-OH is 1. The summed E-state index contributed by atoms with van der Waals surface area (Å²) in [6.07, 6.45) is 0.555. The molecule has 0 saturated carbocycles. The van der Waals surface area contributed by atoms with Crippen LogP contribution in [0.2, 0.25) is 0 Å². The first-order chi connectivity index (χ1) is 15.2. The lowest BCUT2D eigenvalue weighted by Crippen LogP contribution is -2.11. The summed E-state index contributed by atoms with van der Waals surface area (Å²) in [6.45, 7) is 1.94. The maximum Gasteiger partial charge on any atom is 0.416 e. The van der Waals surface area contributed by atoms with Gasteiger partial charge >= 0.3 is 6.18 Å². The van der Waals surface area contributed by atoms with E-state index in [0.717, 1.165) is 34.6 Å². The summed E-state index contributed by atoms with van der Waals surface area (Å²) in [5.41, 5.74) is 3.68. The van der Waals surface area contributed by atoms with Crippen molar-refractivity contribution in [3.8, 4) is 11.3 Å². The van der Waals surface area contributed by atoms with Crippen molar-refractivity contribution in [2.45, 2.75) is 32.4 Å². The first-order valence-corrected chi connectivity index (χ1v) is 10.4. The highest BCUT2D eigenvalue weighted by Crippen LogP contribution is 2.38. The topological polar surface area (TPSA) is 83.0 Å². The van der Waals surface area contributed by atoms with Crippen molar-refractivity contribution in [1.82, 2.24) is 15.0 Å². The number of aliphatic hydroxyl groups is 1. The van der Waals surface area contributed by atoms with E-state index in [4.69, 9.17) is 17.3 Å². The Kier molecular flexibility index (Phi) is 6.07. The molecule has 0 aliphatic carbocycles. The number of anilines is 3. The molecular weight excluding hydrogens is 439 g/mol. The predicted octanol–water partition coefficient (Wildman–Crippen LogP) is 4.83. The largest absolute Gasteiger partial charge is 0.416 e. The minimum Gasteiger partial charge on any atom is -0.396 e.